The summed E-state index contributed by atoms with van der Waals surface area (Å²) in [7, 11) is 0. The van der Waals surface area contributed by atoms with Gasteiger partial charge in [-0.05, 0) is 19.9 Å². The number of nitrogens with one attached hydrogen (secondary N) is 1. The Hall–Kier alpha value is -1.69. The van der Waals surface area contributed by atoms with E-state index in [1.165, 1.54) is 22.3 Å². The zero-order chi connectivity index (χ0) is 13.5. The van der Waals surface area contributed by atoms with Crippen LogP contribution in [0.5, 0.6) is 0 Å². The molecule has 0 radical (unpaired) electrons. The van der Waals surface area contributed by atoms with Crippen LogP contribution in [0.3, 0.4) is 0 Å². The lowest BCUT2D eigenvalue weighted by Crippen LogP contribution is -2.39. The number of rotatable bonds is 6. The molecule has 0 aliphatic heterocycles. The highest BCUT2D eigenvalue weighted by Crippen LogP contribution is 2.07. The first-order valence-electron chi connectivity index (χ1n) is 5.65. The lowest BCUT2D eigenvalue weighted by Gasteiger charge is -2.18. The van der Waals surface area contributed by atoms with E-state index in [4.69, 9.17) is 0 Å². The fraction of sp³-hybridized carbons (Fsp3) is 0.417. The third kappa shape index (κ3) is 4.29. The van der Waals surface area contributed by atoms with Gasteiger partial charge in [0.05, 0.1) is 13.1 Å². The van der Waals surface area contributed by atoms with Crippen molar-refractivity contribution < 1.29 is 9.59 Å². The van der Waals surface area contributed by atoms with Crippen LogP contribution in [0.15, 0.2) is 18.0 Å². The van der Waals surface area contributed by atoms with Crippen molar-refractivity contribution in [1.29, 1.82) is 0 Å². The molecule has 0 saturated heterocycles. The highest BCUT2D eigenvalue weighted by molar-refractivity contribution is 7.09. The molecule has 1 heterocycles. The monoisotopic (exact) mass is 267 g/mol. The molecule has 0 fully saturated rings. The van der Waals surface area contributed by atoms with Crippen LogP contribution in [0.1, 0.15) is 17.6 Å². The van der Waals surface area contributed by atoms with Crippen LogP contribution in [0.25, 0.3) is 0 Å². The second-order valence-electron chi connectivity index (χ2n) is 3.72. The molecule has 0 aliphatic rings. The molecule has 18 heavy (non-hydrogen) atoms. The molecule has 1 aromatic heterocycles. The Morgan fingerprint density at radius 2 is 2.33 bits per heavy atom. The number of amides is 2. The van der Waals surface area contributed by atoms with E-state index in [2.05, 4.69) is 16.9 Å². The minimum absolute atomic E-state index is 0.0473. The van der Waals surface area contributed by atoms with Gasteiger partial charge in [0.1, 0.15) is 5.01 Å². The predicted octanol–water partition coefficient (Wildman–Crippen LogP) is 1.10. The Morgan fingerprint density at radius 3 is 2.83 bits per heavy atom. The largest absolute Gasteiger partial charge is 0.348 e. The molecule has 1 N–H and O–H groups in total. The molecule has 0 atom stereocenters. The highest BCUT2D eigenvalue weighted by Gasteiger charge is 2.12. The number of nitrogens with zero attached hydrogens (tertiary/aromatic N) is 2. The van der Waals surface area contributed by atoms with Gasteiger partial charge in [0, 0.05) is 17.6 Å². The van der Waals surface area contributed by atoms with Crippen LogP contribution < -0.4 is 5.32 Å². The third-order valence-electron chi connectivity index (χ3n) is 2.31. The summed E-state index contributed by atoms with van der Waals surface area (Å²) < 4.78 is 0. The number of hydrogen-bond donors (Lipinski definition) is 1. The summed E-state index contributed by atoms with van der Waals surface area (Å²) >= 11 is 1.50. The molecular weight excluding hydrogens is 250 g/mol. The summed E-state index contributed by atoms with van der Waals surface area (Å²) in [6, 6.07) is 0. The van der Waals surface area contributed by atoms with Gasteiger partial charge in [0.25, 0.3) is 0 Å². The molecule has 1 aromatic rings. The molecule has 6 heteroatoms. The van der Waals surface area contributed by atoms with Crippen molar-refractivity contribution in [3.05, 3.63) is 28.7 Å². The molecule has 98 valence electrons. The summed E-state index contributed by atoms with van der Waals surface area (Å²) in [4.78, 5) is 28.7. The van der Waals surface area contributed by atoms with Crippen LogP contribution in [0, 0.1) is 6.92 Å². The molecule has 0 aromatic carbocycles. The van der Waals surface area contributed by atoms with Crippen LogP contribution in [-0.4, -0.2) is 34.8 Å². The first kappa shape index (κ1) is 14.4. The standard InChI is InChI=1S/C12H17N3O2S/c1-4-12(17)15(5-2)7-10(16)13-6-11-14-9(3)8-18-11/h4,8H,1,5-7H2,2-3H3,(H,13,16). The molecule has 1 rings (SSSR count). The average molecular weight is 267 g/mol. The van der Waals surface area contributed by atoms with Gasteiger partial charge in [-0.15, -0.1) is 11.3 Å². The second-order valence-corrected chi connectivity index (χ2v) is 4.66. The van der Waals surface area contributed by atoms with Gasteiger partial charge in [0.2, 0.25) is 11.8 Å². The molecular formula is C12H17N3O2S. The van der Waals surface area contributed by atoms with Gasteiger partial charge in [-0.25, -0.2) is 4.98 Å². The van der Waals surface area contributed by atoms with E-state index in [0.717, 1.165) is 10.7 Å². The summed E-state index contributed by atoms with van der Waals surface area (Å²) in [6.45, 7) is 8.05. The first-order valence-corrected chi connectivity index (χ1v) is 6.53. The molecule has 0 spiro atoms. The summed E-state index contributed by atoms with van der Waals surface area (Å²) in [6.07, 6.45) is 1.21. The summed E-state index contributed by atoms with van der Waals surface area (Å²) in [5, 5.41) is 5.53. The maximum atomic E-state index is 11.7. The minimum Gasteiger partial charge on any atom is -0.348 e. The Morgan fingerprint density at radius 1 is 1.61 bits per heavy atom. The van der Waals surface area contributed by atoms with Crippen molar-refractivity contribution in [1.82, 2.24) is 15.2 Å². The Labute approximate surface area is 111 Å². The average Bonchev–Trinajstić information content (AvgIpc) is 2.78. The van der Waals surface area contributed by atoms with Crippen molar-refractivity contribution in [2.24, 2.45) is 0 Å². The van der Waals surface area contributed by atoms with Crippen LogP contribution in [0.4, 0.5) is 0 Å². The maximum absolute atomic E-state index is 11.7. The van der Waals surface area contributed by atoms with Crippen LogP contribution in [-0.2, 0) is 16.1 Å². The molecule has 0 aliphatic carbocycles. The van der Waals surface area contributed by atoms with Crippen molar-refractivity contribution >= 4 is 23.2 Å². The number of carbonyl (C=O) groups is 2. The zero-order valence-electron chi connectivity index (χ0n) is 10.6. The van der Waals surface area contributed by atoms with E-state index in [9.17, 15) is 9.59 Å². The Balaban J connectivity index is 2.41. The van der Waals surface area contributed by atoms with Gasteiger partial charge < -0.3 is 10.2 Å². The van der Waals surface area contributed by atoms with E-state index >= 15 is 0 Å². The van der Waals surface area contributed by atoms with Gasteiger partial charge in [-0.2, -0.15) is 0 Å². The van der Waals surface area contributed by atoms with Gasteiger partial charge in [0.15, 0.2) is 0 Å². The fourth-order valence-corrected chi connectivity index (χ4v) is 2.07. The van der Waals surface area contributed by atoms with Gasteiger partial charge >= 0.3 is 0 Å². The van der Waals surface area contributed by atoms with Crippen LogP contribution in [0.2, 0.25) is 0 Å². The Bertz CT molecular complexity index is 442. The van der Waals surface area contributed by atoms with E-state index in [-0.39, 0.29) is 18.4 Å². The van der Waals surface area contributed by atoms with Gasteiger partial charge in [-0.1, -0.05) is 6.58 Å². The molecule has 2 amide bonds. The number of likely N-dealkylation sites (N-methyl/N-ethyl adjacent to an activating group) is 1. The lowest BCUT2D eigenvalue weighted by atomic mass is 10.4. The van der Waals surface area contributed by atoms with Gasteiger partial charge in [-0.3, -0.25) is 9.59 Å². The predicted molar refractivity (Wildman–Crippen MR) is 71.1 cm³/mol. The smallest absolute Gasteiger partial charge is 0.246 e. The van der Waals surface area contributed by atoms with Crippen molar-refractivity contribution in [3.8, 4) is 0 Å². The van der Waals surface area contributed by atoms with Crippen LogP contribution >= 0.6 is 11.3 Å². The SMILES string of the molecule is C=CC(=O)N(CC)CC(=O)NCc1nc(C)cs1. The maximum Gasteiger partial charge on any atom is 0.246 e. The number of aryl methyl sites for hydroxylation is 1. The quantitative estimate of drug-likeness (QED) is 0.785. The van der Waals surface area contributed by atoms with Crippen molar-refractivity contribution in [2.75, 3.05) is 13.1 Å². The summed E-state index contributed by atoms with van der Waals surface area (Å²) in [5.41, 5.74) is 0.946. The number of thiazole rings is 1. The number of hydrogen-bond acceptors (Lipinski definition) is 4. The normalized spacial score (nSPS) is 9.89. The molecule has 5 nitrogen and oxygen atoms in total. The molecule has 0 unspecified atom stereocenters. The summed E-state index contributed by atoms with van der Waals surface area (Å²) in [5.74, 6) is -0.433. The zero-order valence-corrected chi connectivity index (χ0v) is 11.4. The Kier molecular flexibility index (Phi) is 5.51. The second kappa shape index (κ2) is 6.90. The third-order valence-corrected chi connectivity index (χ3v) is 3.27. The van der Waals surface area contributed by atoms with Crippen molar-refractivity contribution in [2.45, 2.75) is 20.4 Å². The lowest BCUT2D eigenvalue weighted by molar-refractivity contribution is -0.132. The first-order chi connectivity index (χ1) is 8.56. The molecule has 0 saturated carbocycles. The topological polar surface area (TPSA) is 62.3 Å². The highest BCUT2D eigenvalue weighted by atomic mass is 32.1. The fourth-order valence-electron chi connectivity index (χ4n) is 1.36. The van der Waals surface area contributed by atoms with E-state index in [1.807, 2.05) is 19.2 Å². The van der Waals surface area contributed by atoms with E-state index < -0.39 is 0 Å². The minimum atomic E-state index is -0.238. The van der Waals surface area contributed by atoms with E-state index in [0.29, 0.717) is 13.1 Å². The molecule has 0 bridgehead atoms. The van der Waals surface area contributed by atoms with E-state index in [1.54, 1.807) is 0 Å². The number of carbonyl (C=O) groups excluding carboxylic acids is 2. The van der Waals surface area contributed by atoms with Crippen molar-refractivity contribution in [3.63, 3.8) is 0 Å². The number of aromatic nitrogens is 1.